The maximum Gasteiger partial charge on any atom is 0.254 e. The molecule has 0 atom stereocenters. The lowest BCUT2D eigenvalue weighted by atomic mass is 10.1. The van der Waals surface area contributed by atoms with Crippen molar-refractivity contribution in [2.24, 2.45) is 0 Å². The van der Waals surface area contributed by atoms with E-state index in [0.717, 1.165) is 24.2 Å². The zero-order valence-electron chi connectivity index (χ0n) is 18.5. The summed E-state index contributed by atoms with van der Waals surface area (Å²) in [5.41, 5.74) is 2.62. The fourth-order valence-electron chi connectivity index (χ4n) is 3.57. The molecule has 1 saturated heterocycles. The van der Waals surface area contributed by atoms with Crippen LogP contribution in [0.5, 0.6) is 5.75 Å². The van der Waals surface area contributed by atoms with Crippen LogP contribution in [-0.4, -0.2) is 43.5 Å². The number of nitrogens with one attached hydrogen (secondary N) is 3. The molecule has 1 aliphatic heterocycles. The summed E-state index contributed by atoms with van der Waals surface area (Å²) in [6, 6.07) is 8.24. The smallest absolute Gasteiger partial charge is 0.254 e. The van der Waals surface area contributed by atoms with Gasteiger partial charge in [0.05, 0.1) is 18.7 Å². The number of carbonyl (C=O) groups is 2. The van der Waals surface area contributed by atoms with Gasteiger partial charge in [-0.05, 0) is 50.5 Å². The number of carbonyl (C=O) groups excluding carboxylic acids is 2. The van der Waals surface area contributed by atoms with Crippen LogP contribution in [0.3, 0.4) is 0 Å². The normalized spacial score (nSPS) is 17.1. The van der Waals surface area contributed by atoms with Crippen LogP contribution < -0.4 is 20.7 Å². The van der Waals surface area contributed by atoms with Crippen LogP contribution in [0.25, 0.3) is 11.7 Å². The zero-order chi connectivity index (χ0) is 22.9. The number of amides is 2. The molecule has 0 bridgehead atoms. The molecule has 1 aliphatic carbocycles. The van der Waals surface area contributed by atoms with Crippen molar-refractivity contribution in [3.8, 4) is 5.75 Å². The van der Waals surface area contributed by atoms with Crippen LogP contribution >= 0.6 is 0 Å². The molecule has 1 aromatic carbocycles. The lowest BCUT2D eigenvalue weighted by Crippen LogP contribution is -2.19. The van der Waals surface area contributed by atoms with Crippen molar-refractivity contribution in [3.63, 3.8) is 0 Å². The summed E-state index contributed by atoms with van der Waals surface area (Å²) in [7, 11) is 0. The Hall–Kier alpha value is -3.95. The highest BCUT2D eigenvalue weighted by atomic mass is 16.5. The highest BCUT2D eigenvalue weighted by Gasteiger charge is 2.26. The van der Waals surface area contributed by atoms with Crippen molar-refractivity contribution >= 4 is 35.4 Å². The fraction of sp³-hybridized carbons (Fsp3) is 0.348. The number of ether oxygens (including phenoxy) is 1. The van der Waals surface area contributed by atoms with E-state index in [2.05, 4.69) is 31.0 Å². The van der Waals surface area contributed by atoms with E-state index in [1.54, 1.807) is 16.8 Å². The SMILES string of the molecule is CC(C)Oc1cccc(CNc2nc(NC3CC3)n3ncc(/C=C4\CC(=O)NC4=O)c3n2)c1. The molecule has 33 heavy (non-hydrogen) atoms. The summed E-state index contributed by atoms with van der Waals surface area (Å²) in [5, 5.41) is 13.4. The Bertz CT molecular complexity index is 1260. The third-order valence-electron chi connectivity index (χ3n) is 5.25. The van der Waals surface area contributed by atoms with Crippen LogP contribution in [0, 0.1) is 0 Å². The van der Waals surface area contributed by atoms with E-state index in [-0.39, 0.29) is 24.3 Å². The Morgan fingerprint density at radius 2 is 2.12 bits per heavy atom. The van der Waals surface area contributed by atoms with Gasteiger partial charge in [0.15, 0.2) is 5.65 Å². The number of aromatic nitrogens is 4. The first-order valence-electron chi connectivity index (χ1n) is 11.0. The molecular weight excluding hydrogens is 422 g/mol. The zero-order valence-corrected chi connectivity index (χ0v) is 18.5. The van der Waals surface area contributed by atoms with E-state index in [1.807, 2.05) is 38.1 Å². The summed E-state index contributed by atoms with van der Waals surface area (Å²) in [6.45, 7) is 4.49. The number of hydrogen-bond acceptors (Lipinski definition) is 8. The second kappa shape index (κ2) is 8.53. The Kier molecular flexibility index (Phi) is 5.41. The van der Waals surface area contributed by atoms with Gasteiger partial charge >= 0.3 is 0 Å². The van der Waals surface area contributed by atoms with Gasteiger partial charge in [0.1, 0.15) is 5.75 Å². The molecule has 0 spiro atoms. The Morgan fingerprint density at radius 1 is 1.27 bits per heavy atom. The number of benzene rings is 1. The summed E-state index contributed by atoms with van der Waals surface area (Å²) in [6.07, 6.45) is 5.60. The minimum Gasteiger partial charge on any atom is -0.491 e. The van der Waals surface area contributed by atoms with Crippen molar-refractivity contribution in [1.29, 1.82) is 0 Å². The summed E-state index contributed by atoms with van der Waals surface area (Å²) >= 11 is 0. The number of rotatable bonds is 8. The van der Waals surface area contributed by atoms with Crippen LogP contribution in [0.15, 0.2) is 36.0 Å². The largest absolute Gasteiger partial charge is 0.491 e. The van der Waals surface area contributed by atoms with E-state index < -0.39 is 0 Å². The minimum absolute atomic E-state index is 0.0499. The highest BCUT2D eigenvalue weighted by Crippen LogP contribution is 2.26. The molecular formula is C23H25N7O3. The molecule has 2 fully saturated rings. The molecule has 3 N–H and O–H groups in total. The fourth-order valence-corrected chi connectivity index (χ4v) is 3.57. The van der Waals surface area contributed by atoms with Crippen molar-refractivity contribution < 1.29 is 14.3 Å². The first-order chi connectivity index (χ1) is 15.9. The van der Waals surface area contributed by atoms with Crippen LogP contribution in [0.2, 0.25) is 0 Å². The van der Waals surface area contributed by atoms with Gasteiger partial charge in [-0.3, -0.25) is 14.9 Å². The minimum atomic E-state index is -0.383. The van der Waals surface area contributed by atoms with Crippen molar-refractivity contribution in [1.82, 2.24) is 24.9 Å². The summed E-state index contributed by atoms with van der Waals surface area (Å²) in [4.78, 5) is 32.8. The van der Waals surface area contributed by atoms with Gasteiger partial charge in [-0.25, -0.2) is 0 Å². The van der Waals surface area contributed by atoms with Crippen molar-refractivity contribution in [2.75, 3.05) is 10.6 Å². The van der Waals surface area contributed by atoms with Gasteiger partial charge in [-0.15, -0.1) is 0 Å². The second-order valence-corrected chi connectivity index (χ2v) is 8.52. The second-order valence-electron chi connectivity index (χ2n) is 8.52. The van der Waals surface area contributed by atoms with Crippen molar-refractivity contribution in [2.45, 2.75) is 51.8 Å². The molecule has 10 nitrogen and oxygen atoms in total. The standard InChI is InChI=1S/C23H25N7O3/c1-13(2)33-18-5-3-4-14(8-18)11-24-22-28-20-16(9-15-10-19(31)27-21(15)32)12-25-30(20)23(29-22)26-17-6-7-17/h3-5,8-9,12-13,17H,6-7,10-11H2,1-2H3,(H,27,31,32)(H2,24,26,28,29)/b15-9+. The Labute approximate surface area is 190 Å². The van der Waals surface area contributed by atoms with Gasteiger partial charge in [0.25, 0.3) is 5.91 Å². The first kappa shape index (κ1) is 20.9. The number of hydrogen-bond donors (Lipinski definition) is 3. The lowest BCUT2D eigenvalue weighted by Gasteiger charge is -2.12. The predicted molar refractivity (Wildman–Crippen MR) is 123 cm³/mol. The van der Waals surface area contributed by atoms with E-state index in [0.29, 0.717) is 41.3 Å². The Morgan fingerprint density at radius 3 is 2.85 bits per heavy atom. The first-order valence-corrected chi connectivity index (χ1v) is 11.0. The van der Waals surface area contributed by atoms with Crippen LogP contribution in [-0.2, 0) is 16.1 Å². The number of imide groups is 1. The third-order valence-corrected chi connectivity index (χ3v) is 5.25. The third kappa shape index (κ3) is 4.79. The molecule has 2 amide bonds. The average Bonchev–Trinajstić information content (AvgIpc) is 3.40. The van der Waals surface area contributed by atoms with E-state index >= 15 is 0 Å². The monoisotopic (exact) mass is 447 g/mol. The molecule has 0 radical (unpaired) electrons. The molecule has 1 saturated carbocycles. The Balaban J connectivity index is 1.44. The maximum atomic E-state index is 12.0. The molecule has 2 aliphatic rings. The van der Waals surface area contributed by atoms with E-state index in [1.165, 1.54) is 0 Å². The van der Waals surface area contributed by atoms with Gasteiger partial charge in [-0.2, -0.15) is 19.6 Å². The van der Waals surface area contributed by atoms with Crippen molar-refractivity contribution in [3.05, 3.63) is 47.2 Å². The van der Waals surface area contributed by atoms with Gasteiger partial charge in [0.2, 0.25) is 17.8 Å². The molecule has 170 valence electrons. The van der Waals surface area contributed by atoms with Crippen LogP contribution in [0.1, 0.15) is 44.2 Å². The topological polar surface area (TPSA) is 123 Å². The maximum absolute atomic E-state index is 12.0. The highest BCUT2D eigenvalue weighted by molar-refractivity contribution is 6.15. The van der Waals surface area contributed by atoms with Crippen LogP contribution in [0.4, 0.5) is 11.9 Å². The number of nitrogens with zero attached hydrogens (tertiary/aromatic N) is 4. The molecule has 5 rings (SSSR count). The predicted octanol–water partition coefficient (Wildman–Crippen LogP) is 2.53. The van der Waals surface area contributed by atoms with Gasteiger partial charge in [-0.1, -0.05) is 12.1 Å². The van der Waals surface area contributed by atoms with Gasteiger partial charge in [0, 0.05) is 23.7 Å². The average molecular weight is 447 g/mol. The number of fused-ring (bicyclic) bond motifs is 1. The molecule has 2 aromatic heterocycles. The lowest BCUT2D eigenvalue weighted by molar-refractivity contribution is -0.124. The van der Waals surface area contributed by atoms with E-state index in [9.17, 15) is 9.59 Å². The van der Waals surface area contributed by atoms with E-state index in [4.69, 9.17) is 4.74 Å². The molecule has 0 unspecified atom stereocenters. The summed E-state index contributed by atoms with van der Waals surface area (Å²) < 4.78 is 7.40. The molecule has 10 heteroatoms. The molecule has 3 aromatic rings. The van der Waals surface area contributed by atoms with Gasteiger partial charge < -0.3 is 15.4 Å². The summed E-state index contributed by atoms with van der Waals surface area (Å²) in [5.74, 6) is 1.14. The number of anilines is 2. The molecule has 3 heterocycles. The quantitative estimate of drug-likeness (QED) is 0.356.